The Labute approximate surface area is 150 Å². The van der Waals surface area contributed by atoms with Gasteiger partial charge in [-0.3, -0.25) is 9.48 Å². The van der Waals surface area contributed by atoms with Crippen molar-refractivity contribution in [3.05, 3.63) is 29.6 Å². The van der Waals surface area contributed by atoms with Gasteiger partial charge in [0.2, 0.25) is 5.91 Å². The summed E-state index contributed by atoms with van der Waals surface area (Å²) in [5, 5.41) is 10.4. The monoisotopic (exact) mass is 352 g/mol. The normalized spacial score (nSPS) is 19.1. The van der Waals surface area contributed by atoms with E-state index >= 15 is 0 Å². The smallest absolute Gasteiger partial charge is 0.317 e. The van der Waals surface area contributed by atoms with Crippen LogP contribution in [0.25, 0.3) is 11.3 Å². The second-order valence-corrected chi connectivity index (χ2v) is 7.32. The molecule has 0 atom stereocenters. The first-order chi connectivity index (χ1) is 12.6. The van der Waals surface area contributed by atoms with Crippen LogP contribution in [-0.4, -0.2) is 51.2 Å². The van der Waals surface area contributed by atoms with Crippen molar-refractivity contribution in [2.75, 3.05) is 25.0 Å². The molecule has 0 aliphatic carbocycles. The second-order valence-electron chi connectivity index (χ2n) is 7.32. The number of nitrogens with zero attached hydrogens (tertiary/aromatic N) is 4. The zero-order chi connectivity index (χ0) is 17.9. The van der Waals surface area contributed by atoms with E-state index in [-0.39, 0.29) is 17.4 Å². The average molecular weight is 352 g/mol. The van der Waals surface area contributed by atoms with Gasteiger partial charge in [0.25, 0.3) is 0 Å². The maximum absolute atomic E-state index is 12.0. The fourth-order valence-electron chi connectivity index (χ4n) is 4.26. The van der Waals surface area contributed by atoms with Gasteiger partial charge in [-0.1, -0.05) is 0 Å². The van der Waals surface area contributed by atoms with Gasteiger partial charge < -0.3 is 15.5 Å². The van der Waals surface area contributed by atoms with Gasteiger partial charge >= 0.3 is 6.03 Å². The van der Waals surface area contributed by atoms with Crippen LogP contribution in [-0.2, 0) is 23.2 Å². The number of hydrogen-bond acceptors (Lipinski definition) is 4. The molecule has 2 aromatic heterocycles. The molecule has 0 bridgehead atoms. The lowest BCUT2D eigenvalue weighted by Gasteiger charge is -2.47. The Morgan fingerprint density at radius 2 is 2.23 bits per heavy atom. The molecule has 5 heterocycles. The summed E-state index contributed by atoms with van der Waals surface area (Å²) in [5.41, 5.74) is 3.95. The van der Waals surface area contributed by atoms with Crippen LogP contribution in [0.2, 0.25) is 0 Å². The van der Waals surface area contributed by atoms with Gasteiger partial charge in [-0.15, -0.1) is 0 Å². The number of aromatic nitrogens is 3. The van der Waals surface area contributed by atoms with Crippen LogP contribution >= 0.6 is 0 Å². The first-order valence-corrected chi connectivity index (χ1v) is 8.98. The Balaban J connectivity index is 1.40. The van der Waals surface area contributed by atoms with E-state index in [2.05, 4.69) is 26.4 Å². The van der Waals surface area contributed by atoms with E-state index < -0.39 is 0 Å². The van der Waals surface area contributed by atoms with E-state index in [0.29, 0.717) is 18.8 Å². The lowest BCUT2D eigenvalue weighted by Crippen LogP contribution is -2.62. The van der Waals surface area contributed by atoms with E-state index in [1.807, 2.05) is 17.9 Å². The highest BCUT2D eigenvalue weighted by atomic mass is 16.2. The van der Waals surface area contributed by atoms with Gasteiger partial charge in [0, 0.05) is 54.6 Å². The third-order valence-corrected chi connectivity index (χ3v) is 5.60. The van der Waals surface area contributed by atoms with Gasteiger partial charge in [-0.25, -0.2) is 9.78 Å². The van der Waals surface area contributed by atoms with Crippen LogP contribution in [0.5, 0.6) is 0 Å². The molecule has 8 heteroatoms. The van der Waals surface area contributed by atoms with Crippen LogP contribution < -0.4 is 10.6 Å². The maximum atomic E-state index is 12.0. The largest absolute Gasteiger partial charge is 0.338 e. The lowest BCUT2D eigenvalue weighted by atomic mass is 9.76. The third-order valence-electron chi connectivity index (χ3n) is 5.60. The van der Waals surface area contributed by atoms with Crippen molar-refractivity contribution < 1.29 is 9.59 Å². The zero-order valence-corrected chi connectivity index (χ0v) is 14.6. The second kappa shape index (κ2) is 5.30. The summed E-state index contributed by atoms with van der Waals surface area (Å²) in [6, 6.07) is 4.12. The molecular weight excluding hydrogens is 332 g/mol. The number of hydrogen-bond donors (Lipinski definition) is 2. The summed E-state index contributed by atoms with van der Waals surface area (Å²) in [4.78, 5) is 29.7. The number of fused-ring (bicyclic) bond motifs is 3. The number of pyridine rings is 1. The number of carbonyl (C=O) groups is 2. The molecular formula is C18H20N6O2. The molecule has 2 N–H and O–H groups in total. The van der Waals surface area contributed by atoms with Crippen molar-refractivity contribution in [2.24, 2.45) is 0 Å². The van der Waals surface area contributed by atoms with Gasteiger partial charge in [0.05, 0.1) is 12.1 Å². The summed E-state index contributed by atoms with van der Waals surface area (Å²) in [7, 11) is 0. The Morgan fingerprint density at radius 3 is 3.04 bits per heavy atom. The van der Waals surface area contributed by atoms with Crippen LogP contribution in [0.1, 0.15) is 24.6 Å². The molecule has 3 amide bonds. The highest BCUT2D eigenvalue weighted by Crippen LogP contribution is 2.43. The van der Waals surface area contributed by atoms with Crippen molar-refractivity contribution >= 4 is 17.8 Å². The van der Waals surface area contributed by atoms with Crippen molar-refractivity contribution in [2.45, 2.75) is 31.7 Å². The van der Waals surface area contributed by atoms with E-state index in [9.17, 15) is 9.59 Å². The highest BCUT2D eigenvalue weighted by molar-refractivity contribution is 5.98. The number of nitrogens with one attached hydrogen (secondary N) is 2. The molecule has 2 aromatic rings. The minimum absolute atomic E-state index is 0.0105. The topological polar surface area (TPSA) is 92.2 Å². The van der Waals surface area contributed by atoms with Crippen molar-refractivity contribution in [1.29, 1.82) is 0 Å². The fourth-order valence-corrected chi connectivity index (χ4v) is 4.26. The van der Waals surface area contributed by atoms with Crippen molar-refractivity contribution in [3.8, 4) is 11.3 Å². The third kappa shape index (κ3) is 2.14. The van der Waals surface area contributed by atoms with Crippen molar-refractivity contribution in [1.82, 2.24) is 25.0 Å². The fraction of sp³-hybridized carbons (Fsp3) is 0.444. The number of aryl methyl sites for hydroxylation is 1. The standard InChI is InChI=1S/C18H20N6O2/c1-2-19-17(26)23-9-18(10-23)3-4-24-14(18)7-13(22-24)12-5-11-6-15(25)21-16(11)20-8-12/h5,7-8H,2-4,6,9-10H2,1H3,(H,19,26)(H,20,21,25). The quantitative estimate of drug-likeness (QED) is 0.847. The Morgan fingerprint density at radius 1 is 1.38 bits per heavy atom. The molecule has 3 aliphatic heterocycles. The molecule has 5 rings (SSSR count). The Hall–Kier alpha value is -2.90. The predicted octanol–water partition coefficient (Wildman–Crippen LogP) is 1.13. The molecule has 3 aliphatic rings. The number of carbonyl (C=O) groups excluding carboxylic acids is 2. The highest BCUT2D eigenvalue weighted by Gasteiger charge is 2.51. The summed E-state index contributed by atoms with van der Waals surface area (Å²) >= 11 is 0. The molecule has 26 heavy (non-hydrogen) atoms. The van der Waals surface area contributed by atoms with Gasteiger partial charge in [0.15, 0.2) is 0 Å². The minimum Gasteiger partial charge on any atom is -0.338 e. The van der Waals surface area contributed by atoms with Gasteiger partial charge in [-0.2, -0.15) is 5.10 Å². The zero-order valence-electron chi connectivity index (χ0n) is 14.6. The number of rotatable bonds is 2. The van der Waals surface area contributed by atoms with E-state index in [1.54, 1.807) is 6.20 Å². The SMILES string of the molecule is CCNC(=O)N1CC2(CCn3nc(-c4cnc5c(c4)CC(=O)N5)cc32)C1. The molecule has 8 nitrogen and oxygen atoms in total. The van der Waals surface area contributed by atoms with E-state index in [1.165, 1.54) is 5.69 Å². The van der Waals surface area contributed by atoms with E-state index in [4.69, 9.17) is 5.10 Å². The maximum Gasteiger partial charge on any atom is 0.317 e. The summed E-state index contributed by atoms with van der Waals surface area (Å²) < 4.78 is 2.06. The Kier molecular flexibility index (Phi) is 3.13. The molecule has 0 saturated carbocycles. The first-order valence-electron chi connectivity index (χ1n) is 8.98. The lowest BCUT2D eigenvalue weighted by molar-refractivity contribution is -0.115. The first kappa shape index (κ1) is 15.4. The minimum atomic E-state index is -0.0177. The van der Waals surface area contributed by atoms with Gasteiger partial charge in [0.1, 0.15) is 5.82 Å². The summed E-state index contributed by atoms with van der Waals surface area (Å²) in [6.45, 7) is 4.93. The van der Waals surface area contributed by atoms with Crippen LogP contribution in [0.15, 0.2) is 18.3 Å². The number of amides is 3. The van der Waals surface area contributed by atoms with Crippen LogP contribution in [0, 0.1) is 0 Å². The Bertz CT molecular complexity index is 928. The summed E-state index contributed by atoms with van der Waals surface area (Å²) in [5.74, 6) is 0.634. The molecule has 0 aromatic carbocycles. The predicted molar refractivity (Wildman–Crippen MR) is 94.7 cm³/mol. The molecule has 1 spiro atoms. The molecule has 1 saturated heterocycles. The van der Waals surface area contributed by atoms with Crippen LogP contribution in [0.3, 0.4) is 0 Å². The molecule has 1 fully saturated rings. The molecule has 0 radical (unpaired) electrons. The number of urea groups is 1. The van der Waals surface area contributed by atoms with Crippen LogP contribution in [0.4, 0.5) is 10.6 Å². The molecule has 134 valence electrons. The van der Waals surface area contributed by atoms with Gasteiger partial charge in [-0.05, 0) is 25.5 Å². The summed E-state index contributed by atoms with van der Waals surface area (Å²) in [6.07, 6.45) is 3.15. The van der Waals surface area contributed by atoms with Crippen molar-refractivity contribution in [3.63, 3.8) is 0 Å². The molecule has 0 unspecified atom stereocenters. The number of likely N-dealkylation sites (tertiary alicyclic amines) is 1. The van der Waals surface area contributed by atoms with E-state index in [0.717, 1.165) is 42.9 Å². The number of anilines is 1. The average Bonchev–Trinajstić information content (AvgIpc) is 3.23.